The van der Waals surface area contributed by atoms with Gasteiger partial charge in [-0.1, -0.05) is 19.1 Å². The lowest BCUT2D eigenvalue weighted by Gasteiger charge is -2.09. The number of aryl methyl sites for hydroxylation is 1. The predicted octanol–water partition coefficient (Wildman–Crippen LogP) is 2.06. The van der Waals surface area contributed by atoms with Gasteiger partial charge in [0.25, 0.3) is 0 Å². The maximum absolute atomic E-state index is 11.0. The number of aromatic nitrogens is 2. The monoisotopic (exact) mass is 260 g/mol. The highest BCUT2D eigenvalue weighted by molar-refractivity contribution is 5.72. The van der Waals surface area contributed by atoms with Crippen molar-refractivity contribution in [2.24, 2.45) is 13.0 Å². The molecule has 0 aliphatic carbocycles. The van der Waals surface area contributed by atoms with E-state index in [1.165, 1.54) is 0 Å². The van der Waals surface area contributed by atoms with Crippen LogP contribution in [0.1, 0.15) is 12.6 Å². The van der Waals surface area contributed by atoms with E-state index in [9.17, 15) is 9.90 Å². The second-order valence-corrected chi connectivity index (χ2v) is 4.62. The van der Waals surface area contributed by atoms with Gasteiger partial charge >= 0.3 is 5.97 Å². The zero-order valence-corrected chi connectivity index (χ0v) is 10.9. The normalized spacial score (nSPS) is 12.3. The molecular weight excluding hydrogens is 244 g/mol. The number of aromatic hydroxyl groups is 1. The molecule has 19 heavy (non-hydrogen) atoms. The van der Waals surface area contributed by atoms with Gasteiger partial charge in [-0.3, -0.25) is 9.48 Å². The summed E-state index contributed by atoms with van der Waals surface area (Å²) in [6, 6.07) is 6.86. The molecule has 100 valence electrons. The largest absolute Gasteiger partial charge is 0.508 e. The molecule has 1 aromatic heterocycles. The first-order chi connectivity index (χ1) is 8.99. The number of hydrogen-bond acceptors (Lipinski definition) is 3. The molecule has 1 unspecified atom stereocenters. The van der Waals surface area contributed by atoms with Gasteiger partial charge in [-0.15, -0.1) is 0 Å². The number of phenols is 1. The van der Waals surface area contributed by atoms with Crippen LogP contribution in [0.3, 0.4) is 0 Å². The van der Waals surface area contributed by atoms with Crippen molar-refractivity contribution in [1.82, 2.24) is 9.78 Å². The molecule has 0 amide bonds. The van der Waals surface area contributed by atoms with Crippen LogP contribution >= 0.6 is 0 Å². The molecule has 1 aromatic carbocycles. The van der Waals surface area contributed by atoms with Gasteiger partial charge in [0.15, 0.2) is 0 Å². The molecule has 1 heterocycles. The van der Waals surface area contributed by atoms with E-state index < -0.39 is 11.9 Å². The first-order valence-electron chi connectivity index (χ1n) is 6.02. The van der Waals surface area contributed by atoms with Gasteiger partial charge in [0.1, 0.15) is 5.75 Å². The number of hydrogen-bond donors (Lipinski definition) is 2. The Hall–Kier alpha value is -2.30. The summed E-state index contributed by atoms with van der Waals surface area (Å²) in [6.07, 6.45) is 2.09. The van der Waals surface area contributed by atoms with Gasteiger partial charge in [0.2, 0.25) is 0 Å². The third kappa shape index (κ3) is 2.76. The predicted molar refractivity (Wildman–Crippen MR) is 70.8 cm³/mol. The maximum atomic E-state index is 11.0. The van der Waals surface area contributed by atoms with Crippen molar-refractivity contribution in [3.8, 4) is 16.9 Å². The topological polar surface area (TPSA) is 75.4 Å². The van der Waals surface area contributed by atoms with Crippen molar-refractivity contribution < 1.29 is 15.0 Å². The Morgan fingerprint density at radius 3 is 2.84 bits per heavy atom. The smallest absolute Gasteiger partial charge is 0.306 e. The molecule has 0 aliphatic heterocycles. The highest BCUT2D eigenvalue weighted by Crippen LogP contribution is 2.27. The number of carboxylic acid groups (broad SMARTS) is 1. The number of nitrogens with zero attached hydrogens (tertiary/aromatic N) is 2. The Labute approximate surface area is 111 Å². The fraction of sp³-hybridized carbons (Fsp3) is 0.286. The van der Waals surface area contributed by atoms with Crippen LogP contribution in [0.2, 0.25) is 0 Å². The Bertz CT molecular complexity index is 604. The SMILES string of the molecule is CC(Cc1c(-c2cccc(O)c2)cnn1C)C(=O)O. The molecule has 0 radical (unpaired) electrons. The zero-order valence-electron chi connectivity index (χ0n) is 10.9. The van der Waals surface area contributed by atoms with Gasteiger partial charge in [-0.05, 0) is 17.7 Å². The van der Waals surface area contributed by atoms with Crippen molar-refractivity contribution >= 4 is 5.97 Å². The minimum atomic E-state index is -0.831. The molecule has 2 aromatic rings. The van der Waals surface area contributed by atoms with E-state index in [1.54, 1.807) is 43.0 Å². The molecule has 5 heteroatoms. The molecule has 0 saturated heterocycles. The van der Waals surface area contributed by atoms with Crippen molar-refractivity contribution in [3.63, 3.8) is 0 Å². The fourth-order valence-corrected chi connectivity index (χ4v) is 2.00. The van der Waals surface area contributed by atoms with E-state index in [4.69, 9.17) is 5.11 Å². The van der Waals surface area contributed by atoms with Gasteiger partial charge in [0, 0.05) is 24.7 Å². The standard InChI is InChI=1S/C14H16N2O3/c1-9(14(18)19)6-13-12(8-15-16(13)2)10-4-3-5-11(17)7-10/h3-5,7-9,17H,6H2,1-2H3,(H,18,19). The van der Waals surface area contributed by atoms with Crippen LogP contribution in [0.25, 0.3) is 11.1 Å². The highest BCUT2D eigenvalue weighted by atomic mass is 16.4. The van der Waals surface area contributed by atoms with E-state index in [0.29, 0.717) is 6.42 Å². The number of carbonyl (C=O) groups is 1. The van der Waals surface area contributed by atoms with Crippen LogP contribution < -0.4 is 0 Å². The van der Waals surface area contributed by atoms with Crippen LogP contribution in [-0.2, 0) is 18.3 Å². The van der Waals surface area contributed by atoms with Gasteiger partial charge in [0.05, 0.1) is 12.1 Å². The van der Waals surface area contributed by atoms with E-state index in [2.05, 4.69) is 5.10 Å². The molecule has 0 fully saturated rings. The highest BCUT2D eigenvalue weighted by Gasteiger charge is 2.18. The number of aliphatic carboxylic acids is 1. The lowest BCUT2D eigenvalue weighted by atomic mass is 9.99. The summed E-state index contributed by atoms with van der Waals surface area (Å²) in [6.45, 7) is 1.67. The summed E-state index contributed by atoms with van der Waals surface area (Å²) in [4.78, 5) is 11.0. The Morgan fingerprint density at radius 2 is 2.21 bits per heavy atom. The quantitative estimate of drug-likeness (QED) is 0.882. The van der Waals surface area contributed by atoms with Gasteiger partial charge < -0.3 is 10.2 Å². The molecule has 0 bridgehead atoms. The van der Waals surface area contributed by atoms with Gasteiger partial charge in [-0.25, -0.2) is 0 Å². The lowest BCUT2D eigenvalue weighted by Crippen LogP contribution is -2.15. The molecule has 0 saturated carbocycles. The molecule has 5 nitrogen and oxygen atoms in total. The zero-order chi connectivity index (χ0) is 14.0. The summed E-state index contributed by atoms with van der Waals surface area (Å²) >= 11 is 0. The van der Waals surface area contributed by atoms with Crippen molar-refractivity contribution in [1.29, 1.82) is 0 Å². The van der Waals surface area contributed by atoms with Crippen LogP contribution in [0.15, 0.2) is 30.5 Å². The van der Waals surface area contributed by atoms with Crippen LogP contribution in [0, 0.1) is 5.92 Å². The van der Waals surface area contributed by atoms with Crippen molar-refractivity contribution in [3.05, 3.63) is 36.2 Å². The average Bonchev–Trinajstić information content (AvgIpc) is 2.71. The Kier molecular flexibility index (Phi) is 3.55. The van der Waals surface area contributed by atoms with Crippen molar-refractivity contribution in [2.45, 2.75) is 13.3 Å². The molecular formula is C14H16N2O3. The molecule has 2 rings (SSSR count). The van der Waals surface area contributed by atoms with E-state index in [0.717, 1.165) is 16.8 Å². The molecule has 2 N–H and O–H groups in total. The van der Waals surface area contributed by atoms with E-state index >= 15 is 0 Å². The molecule has 1 atom stereocenters. The lowest BCUT2D eigenvalue weighted by molar-refractivity contribution is -0.141. The van der Waals surface area contributed by atoms with Crippen LogP contribution in [-0.4, -0.2) is 26.0 Å². The summed E-state index contributed by atoms with van der Waals surface area (Å²) in [5, 5.41) is 22.7. The van der Waals surface area contributed by atoms with Crippen molar-refractivity contribution in [2.75, 3.05) is 0 Å². The number of carboxylic acids is 1. The fourth-order valence-electron chi connectivity index (χ4n) is 2.00. The summed E-state index contributed by atoms with van der Waals surface area (Å²) in [7, 11) is 1.79. The minimum Gasteiger partial charge on any atom is -0.508 e. The molecule has 0 spiro atoms. The Morgan fingerprint density at radius 1 is 1.47 bits per heavy atom. The first-order valence-corrected chi connectivity index (χ1v) is 6.02. The first kappa shape index (κ1) is 13.1. The third-order valence-electron chi connectivity index (χ3n) is 3.14. The summed E-state index contributed by atoms with van der Waals surface area (Å²) in [5.41, 5.74) is 2.53. The van der Waals surface area contributed by atoms with Crippen LogP contribution in [0.4, 0.5) is 0 Å². The maximum Gasteiger partial charge on any atom is 0.306 e. The second-order valence-electron chi connectivity index (χ2n) is 4.62. The van der Waals surface area contributed by atoms with E-state index in [-0.39, 0.29) is 5.75 Å². The number of benzene rings is 1. The summed E-state index contributed by atoms with van der Waals surface area (Å²) in [5.74, 6) is -1.13. The minimum absolute atomic E-state index is 0.179. The number of rotatable bonds is 4. The third-order valence-corrected chi connectivity index (χ3v) is 3.14. The van der Waals surface area contributed by atoms with Crippen LogP contribution in [0.5, 0.6) is 5.75 Å². The second kappa shape index (κ2) is 5.14. The Balaban J connectivity index is 2.40. The van der Waals surface area contributed by atoms with E-state index in [1.807, 2.05) is 6.07 Å². The number of phenolic OH excluding ortho intramolecular Hbond substituents is 1. The average molecular weight is 260 g/mol. The summed E-state index contributed by atoms with van der Waals surface area (Å²) < 4.78 is 1.68. The molecule has 0 aliphatic rings. The van der Waals surface area contributed by atoms with Gasteiger partial charge in [-0.2, -0.15) is 5.10 Å².